The molecule has 0 fully saturated rings. The summed E-state index contributed by atoms with van der Waals surface area (Å²) in [7, 11) is 0. The summed E-state index contributed by atoms with van der Waals surface area (Å²) in [4.78, 5) is 37.4. The lowest BCUT2D eigenvalue weighted by atomic mass is 9.87. The standard InChI is InChI=1S/C20H38N2O6/c1-18(2,3)16(17(25)26)21-10-11-22(12-14(23)27-19(4,5)6)13-15(24)28-20(7,8)9/h16,21H,10-13H2,1-9H3,(H,25,26). The van der Waals surface area contributed by atoms with E-state index in [1.807, 2.05) is 20.8 Å². The summed E-state index contributed by atoms with van der Waals surface area (Å²) in [5.74, 6) is -1.86. The van der Waals surface area contributed by atoms with E-state index in [1.54, 1.807) is 46.4 Å². The monoisotopic (exact) mass is 402 g/mol. The third-order valence-electron chi connectivity index (χ3n) is 3.43. The molecule has 8 heteroatoms. The first-order chi connectivity index (χ1) is 12.4. The number of carbonyl (C=O) groups is 3. The van der Waals surface area contributed by atoms with Crippen molar-refractivity contribution in [2.24, 2.45) is 5.41 Å². The summed E-state index contributed by atoms with van der Waals surface area (Å²) in [6.07, 6.45) is 0. The van der Waals surface area contributed by atoms with Crippen molar-refractivity contribution in [2.45, 2.75) is 79.6 Å². The van der Waals surface area contributed by atoms with Crippen molar-refractivity contribution in [3.05, 3.63) is 0 Å². The minimum atomic E-state index is -0.946. The average Bonchev–Trinajstić information content (AvgIpc) is 2.36. The van der Waals surface area contributed by atoms with Crippen LogP contribution in [-0.4, -0.2) is 71.3 Å². The number of carboxylic acids is 1. The molecular weight excluding hydrogens is 364 g/mol. The minimum absolute atomic E-state index is 0.0918. The molecule has 8 nitrogen and oxygen atoms in total. The molecule has 28 heavy (non-hydrogen) atoms. The number of carbonyl (C=O) groups excluding carboxylic acids is 2. The molecular formula is C20H38N2O6. The van der Waals surface area contributed by atoms with Crippen LogP contribution < -0.4 is 5.32 Å². The van der Waals surface area contributed by atoms with Gasteiger partial charge in [0.25, 0.3) is 0 Å². The van der Waals surface area contributed by atoms with Gasteiger partial charge in [0.15, 0.2) is 0 Å². The van der Waals surface area contributed by atoms with Crippen molar-refractivity contribution in [3.8, 4) is 0 Å². The molecule has 2 N–H and O–H groups in total. The molecule has 0 radical (unpaired) electrons. The zero-order valence-electron chi connectivity index (χ0n) is 18.8. The zero-order valence-corrected chi connectivity index (χ0v) is 18.8. The summed E-state index contributed by atoms with van der Waals surface area (Å²) in [5.41, 5.74) is -1.74. The SMILES string of the molecule is CC(C)(C)OC(=O)CN(CCNC(C(=O)O)C(C)(C)C)CC(=O)OC(C)(C)C. The van der Waals surface area contributed by atoms with Crippen molar-refractivity contribution >= 4 is 17.9 Å². The van der Waals surface area contributed by atoms with E-state index in [9.17, 15) is 19.5 Å². The van der Waals surface area contributed by atoms with Gasteiger partial charge in [-0.2, -0.15) is 0 Å². The van der Waals surface area contributed by atoms with Crippen LogP contribution in [0.2, 0.25) is 0 Å². The third kappa shape index (κ3) is 12.7. The summed E-state index contributed by atoms with van der Waals surface area (Å²) >= 11 is 0. The van der Waals surface area contributed by atoms with Crippen molar-refractivity contribution in [2.75, 3.05) is 26.2 Å². The Morgan fingerprint density at radius 1 is 0.857 bits per heavy atom. The average molecular weight is 403 g/mol. The van der Waals surface area contributed by atoms with Crippen molar-refractivity contribution in [1.29, 1.82) is 0 Å². The van der Waals surface area contributed by atoms with Crippen LogP contribution in [0.15, 0.2) is 0 Å². The summed E-state index contributed by atoms with van der Waals surface area (Å²) in [6, 6.07) is -0.752. The maximum absolute atomic E-state index is 12.2. The second kappa shape index (κ2) is 10.2. The van der Waals surface area contributed by atoms with Gasteiger partial charge in [0.2, 0.25) is 0 Å². The quantitative estimate of drug-likeness (QED) is 0.565. The van der Waals surface area contributed by atoms with E-state index in [2.05, 4.69) is 5.32 Å². The van der Waals surface area contributed by atoms with E-state index in [4.69, 9.17) is 9.47 Å². The number of nitrogens with one attached hydrogen (secondary N) is 1. The van der Waals surface area contributed by atoms with Crippen LogP contribution in [0.3, 0.4) is 0 Å². The molecule has 0 aromatic rings. The van der Waals surface area contributed by atoms with E-state index in [-0.39, 0.29) is 13.1 Å². The Kier molecular flexibility index (Phi) is 9.60. The normalized spacial score (nSPS) is 13.9. The highest BCUT2D eigenvalue weighted by molar-refractivity contribution is 5.75. The first-order valence-corrected chi connectivity index (χ1v) is 9.53. The molecule has 0 saturated carbocycles. The van der Waals surface area contributed by atoms with Crippen LogP contribution in [0.1, 0.15) is 62.3 Å². The van der Waals surface area contributed by atoms with Crippen LogP contribution in [0.25, 0.3) is 0 Å². The first kappa shape index (κ1) is 26.3. The lowest BCUT2D eigenvalue weighted by Gasteiger charge is -2.30. The molecule has 0 rings (SSSR count). The number of aliphatic carboxylic acids is 1. The van der Waals surface area contributed by atoms with Gasteiger partial charge in [-0.3, -0.25) is 19.3 Å². The predicted octanol–water partition coefficient (Wildman–Crippen LogP) is 2.06. The van der Waals surface area contributed by atoms with E-state index in [0.717, 1.165) is 0 Å². The van der Waals surface area contributed by atoms with Crippen LogP contribution in [0.4, 0.5) is 0 Å². The Labute approximate surface area is 168 Å². The number of hydrogen-bond acceptors (Lipinski definition) is 7. The highest BCUT2D eigenvalue weighted by atomic mass is 16.6. The second-order valence-electron chi connectivity index (χ2n) is 9.97. The van der Waals surface area contributed by atoms with Crippen LogP contribution in [-0.2, 0) is 23.9 Å². The number of rotatable bonds is 9. The summed E-state index contributed by atoms with van der Waals surface area (Å²) in [6.45, 7) is 16.5. The molecule has 0 aliphatic rings. The topological polar surface area (TPSA) is 105 Å². The Bertz CT molecular complexity index is 510. The summed E-state index contributed by atoms with van der Waals surface area (Å²) < 4.78 is 10.6. The van der Waals surface area contributed by atoms with Gasteiger partial charge in [-0.15, -0.1) is 0 Å². The zero-order chi connectivity index (χ0) is 22.3. The van der Waals surface area contributed by atoms with Crippen LogP contribution in [0.5, 0.6) is 0 Å². The maximum Gasteiger partial charge on any atom is 0.321 e. The lowest BCUT2D eigenvalue weighted by molar-refractivity contribution is -0.160. The molecule has 0 amide bonds. The third-order valence-corrected chi connectivity index (χ3v) is 3.43. The fourth-order valence-electron chi connectivity index (χ4n) is 2.46. The van der Waals surface area contributed by atoms with E-state index < -0.39 is 40.6 Å². The number of carboxylic acid groups (broad SMARTS) is 1. The largest absolute Gasteiger partial charge is 0.480 e. The van der Waals surface area contributed by atoms with E-state index >= 15 is 0 Å². The minimum Gasteiger partial charge on any atom is -0.480 e. The fourth-order valence-corrected chi connectivity index (χ4v) is 2.46. The van der Waals surface area contributed by atoms with Gasteiger partial charge in [-0.25, -0.2) is 0 Å². The smallest absolute Gasteiger partial charge is 0.321 e. The van der Waals surface area contributed by atoms with Crippen molar-refractivity contribution in [3.63, 3.8) is 0 Å². The molecule has 0 heterocycles. The highest BCUT2D eigenvalue weighted by Gasteiger charge is 2.31. The van der Waals surface area contributed by atoms with Gasteiger partial charge in [-0.1, -0.05) is 20.8 Å². The molecule has 0 aromatic carbocycles. The Balaban J connectivity index is 4.99. The molecule has 0 aliphatic carbocycles. The number of esters is 2. The molecule has 0 saturated heterocycles. The van der Waals surface area contributed by atoms with Gasteiger partial charge in [-0.05, 0) is 47.0 Å². The van der Waals surface area contributed by atoms with E-state index in [0.29, 0.717) is 13.1 Å². The summed E-state index contributed by atoms with van der Waals surface area (Å²) in [5, 5.41) is 12.4. The lowest BCUT2D eigenvalue weighted by Crippen LogP contribution is -2.50. The Hall–Kier alpha value is -1.67. The molecule has 164 valence electrons. The number of hydrogen-bond donors (Lipinski definition) is 2. The molecule has 0 aromatic heterocycles. The second-order valence-corrected chi connectivity index (χ2v) is 9.97. The van der Waals surface area contributed by atoms with Crippen LogP contribution >= 0.6 is 0 Å². The van der Waals surface area contributed by atoms with Crippen LogP contribution in [0, 0.1) is 5.41 Å². The highest BCUT2D eigenvalue weighted by Crippen LogP contribution is 2.19. The maximum atomic E-state index is 12.2. The van der Waals surface area contributed by atoms with Crippen molar-refractivity contribution in [1.82, 2.24) is 10.2 Å². The predicted molar refractivity (Wildman–Crippen MR) is 107 cm³/mol. The Morgan fingerprint density at radius 3 is 1.54 bits per heavy atom. The van der Waals surface area contributed by atoms with Gasteiger partial charge in [0.1, 0.15) is 17.2 Å². The van der Waals surface area contributed by atoms with Gasteiger partial charge >= 0.3 is 17.9 Å². The van der Waals surface area contributed by atoms with Gasteiger partial charge < -0.3 is 19.9 Å². The van der Waals surface area contributed by atoms with Gasteiger partial charge in [0, 0.05) is 13.1 Å². The molecule has 0 aliphatic heterocycles. The number of nitrogens with zero attached hydrogens (tertiary/aromatic N) is 1. The number of ether oxygens (including phenoxy) is 2. The van der Waals surface area contributed by atoms with E-state index in [1.165, 1.54) is 0 Å². The van der Waals surface area contributed by atoms with Gasteiger partial charge in [0.05, 0.1) is 13.1 Å². The Morgan fingerprint density at radius 2 is 1.25 bits per heavy atom. The van der Waals surface area contributed by atoms with Crippen molar-refractivity contribution < 1.29 is 29.0 Å². The molecule has 1 unspecified atom stereocenters. The first-order valence-electron chi connectivity index (χ1n) is 9.53. The molecule has 1 atom stereocenters. The molecule has 0 spiro atoms. The molecule has 0 bridgehead atoms. The fraction of sp³-hybridized carbons (Fsp3) is 0.850.